The molecule has 0 bridgehead atoms. The lowest BCUT2D eigenvalue weighted by Crippen LogP contribution is -2.11. The summed E-state index contributed by atoms with van der Waals surface area (Å²) in [6.45, 7) is 4.42. The van der Waals surface area contributed by atoms with Gasteiger partial charge >= 0.3 is 15.9 Å². The van der Waals surface area contributed by atoms with E-state index >= 15 is 0 Å². The van der Waals surface area contributed by atoms with E-state index in [0.29, 0.717) is 6.42 Å². The molecule has 231 valence electrons. The maximum atomic E-state index is 11.5. The molecule has 1 radical (unpaired) electrons. The van der Waals surface area contributed by atoms with Gasteiger partial charge in [0.25, 0.3) is 5.97 Å². The Morgan fingerprint density at radius 3 is 1.50 bits per heavy atom. The molecular weight excluding hydrogens is 559 g/mol. The summed E-state index contributed by atoms with van der Waals surface area (Å²) in [5.74, 6) is 33.4. The Bertz CT molecular complexity index is 1210. The number of hydrogen-bond donors (Lipinski definition) is 0. The molecule has 0 aliphatic carbocycles. The molecule has 0 aliphatic rings. The minimum absolute atomic E-state index is 0.284. The number of carbonyl (C=O) groups is 1. The maximum Gasteiger partial charge on any atom is 0.822 e. The fourth-order valence-corrected chi connectivity index (χ4v) is 4.26. The molecule has 0 fully saturated rings. The lowest BCUT2D eigenvalue weighted by Gasteiger charge is -2.03. The zero-order chi connectivity index (χ0) is 31.9. The summed E-state index contributed by atoms with van der Waals surface area (Å²) in [6, 6.07) is 0. The first-order chi connectivity index (χ1) is 21.8. The van der Waals surface area contributed by atoms with Crippen LogP contribution in [-0.4, -0.2) is 21.9 Å². The highest BCUT2D eigenvalue weighted by Gasteiger charge is 2.08. The summed E-state index contributed by atoms with van der Waals surface area (Å²) in [7, 11) is 0. The number of hydrogen-bond acceptors (Lipinski definition) is 4. The summed E-state index contributed by atoms with van der Waals surface area (Å²) in [6.07, 6.45) is 30.8. The maximum absolute atomic E-state index is 11.5. The minimum atomic E-state index is -1.06. The van der Waals surface area contributed by atoms with E-state index in [0.717, 1.165) is 25.7 Å². The fraction of sp³-hybridized carbons (Fsp3) is 0.564. The number of allylic oxidation sites excluding steroid dienone is 2. The third-order valence-electron chi connectivity index (χ3n) is 6.28. The van der Waals surface area contributed by atoms with E-state index in [1.54, 1.807) is 0 Å². The van der Waals surface area contributed by atoms with Crippen LogP contribution >= 0.6 is 0 Å². The van der Waals surface area contributed by atoms with E-state index in [1.165, 1.54) is 96.3 Å². The fourth-order valence-electron chi connectivity index (χ4n) is 3.91. The second-order valence-corrected chi connectivity index (χ2v) is 10.7. The molecule has 0 rings (SSSR count). The molecule has 4 nitrogen and oxygen atoms in total. The van der Waals surface area contributed by atoms with Gasteiger partial charge in [-0.25, -0.2) is 0 Å². The van der Waals surface area contributed by atoms with Crippen molar-refractivity contribution in [2.45, 2.75) is 142 Å². The zero-order valence-electron chi connectivity index (χ0n) is 27.0. The predicted octanol–water partition coefficient (Wildman–Crippen LogP) is 8.39. The van der Waals surface area contributed by atoms with Gasteiger partial charge in [0.1, 0.15) is 0 Å². The zero-order valence-corrected chi connectivity index (χ0v) is 28.2. The summed E-state index contributed by atoms with van der Waals surface area (Å²) < 4.78 is 9.66. The van der Waals surface area contributed by atoms with Crippen LogP contribution in [0.4, 0.5) is 0 Å². The van der Waals surface area contributed by atoms with Gasteiger partial charge in [-0.2, -0.15) is 0 Å². The van der Waals surface area contributed by atoms with Crippen LogP contribution in [0.3, 0.4) is 0 Å². The van der Waals surface area contributed by atoms with Gasteiger partial charge in [0.05, 0.1) is 0 Å². The van der Waals surface area contributed by atoms with E-state index < -0.39 is 15.9 Å². The van der Waals surface area contributed by atoms with Gasteiger partial charge in [0, 0.05) is 41.9 Å². The third kappa shape index (κ3) is 36.4. The van der Waals surface area contributed by atoms with Gasteiger partial charge in [0.2, 0.25) is 0 Å². The standard InChI is InChI=1S/C31H34O2.C8H16O2.Al/c1-2-3-4-5-6-7-8-9-10-11-12-13-14-15-16-17-18-19-20-21-22-23-24-25-26-27-28-29-30-31-33-32;1-2-3-4-5-6-7-8(9)10;/h16-17,32H,2-15H2,1H3;2-7H2,1H3,(H,9,10);/q;;+2/p-2. The molecule has 0 N–H and O–H groups in total. The SMILES string of the molecule is CCCCCCCCCCCCCCCC=CC#CC#CC#CC#CC#CC#CC#CO[O][Al][O]C(=O)CCCCCCC. The first-order valence-corrected chi connectivity index (χ1v) is 17.2. The van der Waals surface area contributed by atoms with Crippen LogP contribution in [0.1, 0.15) is 142 Å². The molecule has 0 saturated carbocycles. The van der Waals surface area contributed by atoms with Crippen molar-refractivity contribution in [2.75, 3.05) is 0 Å². The molecule has 5 heteroatoms. The molecule has 0 atom stereocenters. The highest BCUT2D eigenvalue weighted by molar-refractivity contribution is 6.21. The Labute approximate surface area is 275 Å². The average Bonchev–Trinajstić information content (AvgIpc) is 3.03. The Morgan fingerprint density at radius 1 is 0.545 bits per heavy atom. The highest BCUT2D eigenvalue weighted by Crippen LogP contribution is 2.13. The van der Waals surface area contributed by atoms with Gasteiger partial charge in [0.15, 0.2) is 6.11 Å². The van der Waals surface area contributed by atoms with Crippen molar-refractivity contribution < 1.29 is 17.4 Å². The lowest BCUT2D eigenvalue weighted by molar-refractivity contribution is -0.158. The summed E-state index contributed by atoms with van der Waals surface area (Å²) in [4.78, 5) is 16.1. The quantitative estimate of drug-likeness (QED) is 0.0385. The third-order valence-corrected chi connectivity index (χ3v) is 6.81. The Hall–Kier alpha value is -3.58. The van der Waals surface area contributed by atoms with Gasteiger partial charge < -0.3 is 8.68 Å². The molecule has 0 aromatic rings. The van der Waals surface area contributed by atoms with E-state index in [2.05, 4.69) is 108 Å². The van der Waals surface area contributed by atoms with Crippen molar-refractivity contribution in [1.29, 1.82) is 0 Å². The molecule has 0 aromatic heterocycles. The Morgan fingerprint density at radius 2 is 0.977 bits per heavy atom. The van der Waals surface area contributed by atoms with Gasteiger partial charge in [-0.1, -0.05) is 129 Å². The molecule has 0 saturated heterocycles. The summed E-state index contributed by atoms with van der Waals surface area (Å²) in [5.41, 5.74) is 0. The van der Waals surface area contributed by atoms with Crippen LogP contribution in [0.2, 0.25) is 0 Å². The van der Waals surface area contributed by atoms with Crippen LogP contribution in [0.25, 0.3) is 0 Å². The summed E-state index contributed by atoms with van der Waals surface area (Å²) >= 11 is -1.06. The van der Waals surface area contributed by atoms with E-state index in [1.807, 2.05) is 6.08 Å². The van der Waals surface area contributed by atoms with Crippen LogP contribution in [0.15, 0.2) is 12.2 Å². The largest absolute Gasteiger partial charge is 0.822 e. The highest BCUT2D eigenvalue weighted by atomic mass is 27.2. The molecule has 0 spiro atoms. The number of rotatable bonds is 23. The summed E-state index contributed by atoms with van der Waals surface area (Å²) in [5, 5.41) is 0. The monoisotopic (exact) mass is 607 g/mol. The predicted molar refractivity (Wildman–Crippen MR) is 181 cm³/mol. The first kappa shape index (κ1) is 40.4. The molecule has 0 amide bonds. The second-order valence-electron chi connectivity index (χ2n) is 10.1. The normalized spacial score (nSPS) is 8.86. The smallest absolute Gasteiger partial charge is 0.598 e. The van der Waals surface area contributed by atoms with Gasteiger partial charge in [-0.15, -0.1) is 0 Å². The van der Waals surface area contributed by atoms with Crippen molar-refractivity contribution in [3.8, 4) is 83.1 Å². The van der Waals surface area contributed by atoms with Gasteiger partial charge in [-0.3, -0.25) is 8.73 Å². The molecule has 0 aliphatic heterocycles. The number of unbranched alkanes of at least 4 members (excludes halogenated alkanes) is 17. The average molecular weight is 608 g/mol. The van der Waals surface area contributed by atoms with Crippen LogP contribution in [-0.2, 0) is 17.4 Å². The van der Waals surface area contributed by atoms with Crippen molar-refractivity contribution in [3.63, 3.8) is 0 Å². The van der Waals surface area contributed by atoms with Crippen molar-refractivity contribution >= 4 is 21.9 Å². The molecule has 44 heavy (non-hydrogen) atoms. The number of carbonyl (C=O) groups excluding carboxylic acids is 1. The van der Waals surface area contributed by atoms with E-state index in [9.17, 15) is 4.79 Å². The molecular formula is C39H48AlO4. The van der Waals surface area contributed by atoms with E-state index in [4.69, 9.17) is 7.73 Å². The van der Waals surface area contributed by atoms with Crippen molar-refractivity contribution in [2.24, 2.45) is 0 Å². The molecule has 0 unspecified atom stereocenters. The molecule has 0 aromatic carbocycles. The lowest BCUT2D eigenvalue weighted by atomic mass is 10.0. The van der Waals surface area contributed by atoms with E-state index in [-0.39, 0.29) is 5.97 Å². The Kier molecular flexibility index (Phi) is 34.4. The van der Waals surface area contributed by atoms with Crippen molar-refractivity contribution in [3.05, 3.63) is 12.2 Å². The van der Waals surface area contributed by atoms with Crippen LogP contribution in [0, 0.1) is 83.1 Å². The van der Waals surface area contributed by atoms with Gasteiger partial charge in [-0.05, 0) is 60.9 Å². The Balaban J connectivity index is 3.77. The van der Waals surface area contributed by atoms with Crippen molar-refractivity contribution in [1.82, 2.24) is 0 Å². The molecule has 0 heterocycles. The second kappa shape index (κ2) is 37.4. The first-order valence-electron chi connectivity index (χ1n) is 16.3. The minimum Gasteiger partial charge on any atom is -0.598 e. The van der Waals surface area contributed by atoms with Crippen LogP contribution < -0.4 is 0 Å². The topological polar surface area (TPSA) is 44.8 Å². The van der Waals surface area contributed by atoms with Crippen LogP contribution in [0.5, 0.6) is 0 Å².